The van der Waals surface area contributed by atoms with Gasteiger partial charge in [0.25, 0.3) is 0 Å². The van der Waals surface area contributed by atoms with E-state index in [1.807, 2.05) is 13.0 Å². The summed E-state index contributed by atoms with van der Waals surface area (Å²) in [5.41, 5.74) is 8.45. The minimum absolute atomic E-state index is 0.240. The molecule has 0 aliphatic carbocycles. The number of H-pyrrole nitrogens is 1. The molecule has 0 spiro atoms. The molecule has 1 aromatic carbocycles. The van der Waals surface area contributed by atoms with Crippen molar-refractivity contribution < 1.29 is 4.39 Å². The Morgan fingerprint density at radius 3 is 2.71 bits per heavy atom. The van der Waals surface area contributed by atoms with Gasteiger partial charge in [-0.2, -0.15) is 0 Å². The first kappa shape index (κ1) is 15.7. The average molecular weight is 289 g/mol. The molecule has 0 radical (unpaired) electrons. The van der Waals surface area contributed by atoms with E-state index in [1.54, 1.807) is 6.07 Å². The van der Waals surface area contributed by atoms with Crippen molar-refractivity contribution in [2.24, 2.45) is 17.6 Å². The van der Waals surface area contributed by atoms with Gasteiger partial charge in [-0.25, -0.2) is 9.37 Å². The molecule has 3 nitrogen and oxygen atoms in total. The molecule has 0 saturated carbocycles. The number of aromatic nitrogens is 2. The van der Waals surface area contributed by atoms with Crippen molar-refractivity contribution in [1.82, 2.24) is 9.97 Å². The summed E-state index contributed by atoms with van der Waals surface area (Å²) < 4.78 is 13.3. The molecule has 3 N–H and O–H groups in total. The van der Waals surface area contributed by atoms with E-state index in [9.17, 15) is 4.39 Å². The first-order valence-corrected chi connectivity index (χ1v) is 7.51. The van der Waals surface area contributed by atoms with Gasteiger partial charge in [-0.3, -0.25) is 0 Å². The highest BCUT2D eigenvalue weighted by Crippen LogP contribution is 2.23. The summed E-state index contributed by atoms with van der Waals surface area (Å²) in [6.07, 6.45) is 1.93. The first-order chi connectivity index (χ1) is 9.99. The van der Waals surface area contributed by atoms with Crippen molar-refractivity contribution in [2.45, 2.75) is 33.6 Å². The molecular formula is C17H24FN3. The Labute approximate surface area is 125 Å². The van der Waals surface area contributed by atoms with Gasteiger partial charge in [-0.05, 0) is 43.9 Å². The summed E-state index contributed by atoms with van der Waals surface area (Å²) in [6, 6.07) is 6.55. The van der Waals surface area contributed by atoms with Crippen molar-refractivity contribution in [2.75, 3.05) is 6.54 Å². The predicted octanol–water partition coefficient (Wildman–Crippen LogP) is 3.69. The number of aryl methyl sites for hydroxylation is 1. The van der Waals surface area contributed by atoms with E-state index >= 15 is 0 Å². The van der Waals surface area contributed by atoms with E-state index < -0.39 is 0 Å². The topological polar surface area (TPSA) is 54.7 Å². The van der Waals surface area contributed by atoms with E-state index in [4.69, 9.17) is 5.73 Å². The Morgan fingerprint density at radius 1 is 1.33 bits per heavy atom. The second-order valence-electron chi connectivity index (χ2n) is 6.10. The van der Waals surface area contributed by atoms with Crippen LogP contribution < -0.4 is 5.73 Å². The van der Waals surface area contributed by atoms with E-state index in [0.717, 1.165) is 35.6 Å². The zero-order valence-corrected chi connectivity index (χ0v) is 13.0. The lowest BCUT2D eigenvalue weighted by molar-refractivity contribution is 0.409. The van der Waals surface area contributed by atoms with Crippen LogP contribution in [0.4, 0.5) is 4.39 Å². The fraction of sp³-hybridized carbons (Fsp3) is 0.471. The summed E-state index contributed by atoms with van der Waals surface area (Å²) in [6.45, 7) is 7.03. The van der Waals surface area contributed by atoms with E-state index in [2.05, 4.69) is 23.8 Å². The van der Waals surface area contributed by atoms with E-state index in [0.29, 0.717) is 18.4 Å². The fourth-order valence-electron chi connectivity index (χ4n) is 2.74. The summed E-state index contributed by atoms with van der Waals surface area (Å²) >= 11 is 0. The van der Waals surface area contributed by atoms with Crippen molar-refractivity contribution >= 4 is 0 Å². The summed E-state index contributed by atoms with van der Waals surface area (Å²) in [4.78, 5) is 7.95. The maximum atomic E-state index is 13.3. The minimum atomic E-state index is -0.240. The maximum Gasteiger partial charge on any atom is 0.123 e. The molecule has 4 heteroatoms. The molecule has 0 fully saturated rings. The number of benzene rings is 1. The average Bonchev–Trinajstić information content (AvgIpc) is 2.78. The van der Waals surface area contributed by atoms with Gasteiger partial charge in [-0.15, -0.1) is 0 Å². The molecule has 0 amide bonds. The number of rotatable bonds is 6. The lowest BCUT2D eigenvalue weighted by Gasteiger charge is -2.15. The van der Waals surface area contributed by atoms with Gasteiger partial charge >= 0.3 is 0 Å². The number of hydrogen-bond donors (Lipinski definition) is 2. The smallest absolute Gasteiger partial charge is 0.123 e. The van der Waals surface area contributed by atoms with E-state index in [-0.39, 0.29) is 5.82 Å². The third-order valence-electron chi connectivity index (χ3n) is 3.65. The van der Waals surface area contributed by atoms with Crippen LogP contribution in [0.3, 0.4) is 0 Å². The Balaban J connectivity index is 2.19. The van der Waals surface area contributed by atoms with Gasteiger partial charge < -0.3 is 10.7 Å². The molecule has 1 aromatic heterocycles. The lowest BCUT2D eigenvalue weighted by Crippen LogP contribution is -2.19. The summed E-state index contributed by atoms with van der Waals surface area (Å²) in [7, 11) is 0. The monoisotopic (exact) mass is 289 g/mol. The molecule has 0 saturated heterocycles. The zero-order chi connectivity index (χ0) is 15.4. The van der Waals surface area contributed by atoms with Crippen molar-refractivity contribution in [3.8, 4) is 11.3 Å². The van der Waals surface area contributed by atoms with Crippen LogP contribution in [0.25, 0.3) is 11.3 Å². The number of hydrogen-bond acceptors (Lipinski definition) is 2. The standard InChI is InChI=1S/C17H24FN3/c1-11(2)7-13(10-19)8-16-20-12(3)17(21-16)14-5-4-6-15(18)9-14/h4-6,9,11,13H,7-8,10,19H2,1-3H3,(H,20,21). The first-order valence-electron chi connectivity index (χ1n) is 7.51. The van der Waals surface area contributed by atoms with Crippen molar-refractivity contribution in [3.63, 3.8) is 0 Å². The Kier molecular flexibility index (Phi) is 5.12. The second kappa shape index (κ2) is 6.85. The van der Waals surface area contributed by atoms with Crippen LogP contribution in [0.15, 0.2) is 24.3 Å². The highest BCUT2D eigenvalue weighted by molar-refractivity contribution is 5.61. The van der Waals surface area contributed by atoms with Crippen LogP contribution in [0.2, 0.25) is 0 Å². The van der Waals surface area contributed by atoms with Gasteiger partial charge in [0.1, 0.15) is 11.6 Å². The largest absolute Gasteiger partial charge is 0.346 e. The van der Waals surface area contributed by atoms with Crippen LogP contribution in [0.5, 0.6) is 0 Å². The Hall–Kier alpha value is -1.68. The number of nitrogens with two attached hydrogens (primary N) is 1. The molecule has 0 bridgehead atoms. The van der Waals surface area contributed by atoms with E-state index in [1.165, 1.54) is 12.1 Å². The van der Waals surface area contributed by atoms with Crippen molar-refractivity contribution in [1.29, 1.82) is 0 Å². The number of imidazole rings is 1. The normalized spacial score (nSPS) is 12.9. The molecule has 1 unspecified atom stereocenters. The summed E-state index contributed by atoms with van der Waals surface area (Å²) in [5, 5.41) is 0. The number of aromatic amines is 1. The second-order valence-corrected chi connectivity index (χ2v) is 6.10. The number of halogens is 1. The third-order valence-corrected chi connectivity index (χ3v) is 3.65. The lowest BCUT2D eigenvalue weighted by atomic mass is 9.94. The molecule has 21 heavy (non-hydrogen) atoms. The minimum Gasteiger partial charge on any atom is -0.346 e. The summed E-state index contributed by atoms with van der Waals surface area (Å²) in [5.74, 6) is 1.74. The van der Waals surface area contributed by atoms with Gasteiger partial charge in [-0.1, -0.05) is 26.0 Å². The Morgan fingerprint density at radius 2 is 2.10 bits per heavy atom. The van der Waals surface area contributed by atoms with Gasteiger partial charge in [0.05, 0.1) is 5.69 Å². The van der Waals surface area contributed by atoms with Crippen LogP contribution in [-0.4, -0.2) is 16.5 Å². The molecule has 2 rings (SSSR count). The third kappa shape index (κ3) is 4.14. The molecule has 0 aliphatic heterocycles. The quantitative estimate of drug-likeness (QED) is 0.852. The maximum absolute atomic E-state index is 13.3. The molecule has 0 aliphatic rings. The molecular weight excluding hydrogens is 265 g/mol. The van der Waals surface area contributed by atoms with Crippen molar-refractivity contribution in [3.05, 3.63) is 41.6 Å². The zero-order valence-electron chi connectivity index (χ0n) is 13.0. The fourth-order valence-corrected chi connectivity index (χ4v) is 2.74. The highest BCUT2D eigenvalue weighted by Gasteiger charge is 2.15. The SMILES string of the molecule is Cc1[nH]c(CC(CN)CC(C)C)nc1-c1cccc(F)c1. The van der Waals surface area contributed by atoms with Gasteiger partial charge in [0, 0.05) is 17.7 Å². The molecule has 1 atom stereocenters. The predicted molar refractivity (Wildman–Crippen MR) is 84.4 cm³/mol. The van der Waals surface area contributed by atoms with Crippen LogP contribution >= 0.6 is 0 Å². The highest BCUT2D eigenvalue weighted by atomic mass is 19.1. The van der Waals surface area contributed by atoms with Gasteiger partial charge in [0.15, 0.2) is 0 Å². The molecule has 2 aromatic rings. The van der Waals surface area contributed by atoms with Crippen LogP contribution in [0, 0.1) is 24.6 Å². The van der Waals surface area contributed by atoms with Crippen LogP contribution in [0.1, 0.15) is 31.8 Å². The number of nitrogens with zero attached hydrogens (tertiary/aromatic N) is 1. The number of nitrogens with one attached hydrogen (secondary N) is 1. The molecule has 1 heterocycles. The van der Waals surface area contributed by atoms with Gasteiger partial charge in [0.2, 0.25) is 0 Å². The molecule has 114 valence electrons. The Bertz CT molecular complexity index is 589. The van der Waals surface area contributed by atoms with Crippen LogP contribution in [-0.2, 0) is 6.42 Å².